The number of urea groups is 1. The third-order valence-electron chi connectivity index (χ3n) is 5.08. The molecule has 10 heteroatoms. The van der Waals surface area contributed by atoms with Gasteiger partial charge in [-0.3, -0.25) is 9.55 Å². The molecule has 0 fully saturated rings. The lowest BCUT2D eigenvalue weighted by molar-refractivity contribution is -0.139. The number of esters is 1. The number of pyridine rings is 1. The number of hydrogen-bond acceptors (Lipinski definition) is 7. The van der Waals surface area contributed by atoms with Gasteiger partial charge in [0.15, 0.2) is 11.0 Å². The van der Waals surface area contributed by atoms with Gasteiger partial charge >= 0.3 is 12.0 Å². The van der Waals surface area contributed by atoms with Crippen LogP contribution in [0.25, 0.3) is 17.1 Å². The monoisotopic (exact) mass is 464 g/mol. The van der Waals surface area contributed by atoms with Crippen molar-refractivity contribution < 1.29 is 14.3 Å². The van der Waals surface area contributed by atoms with Crippen LogP contribution >= 0.6 is 11.8 Å². The van der Waals surface area contributed by atoms with Crippen LogP contribution in [0.5, 0.6) is 0 Å². The summed E-state index contributed by atoms with van der Waals surface area (Å²) in [5.74, 6) is 0.556. The molecule has 4 rings (SSSR count). The van der Waals surface area contributed by atoms with Crippen molar-refractivity contribution >= 4 is 23.8 Å². The summed E-state index contributed by atoms with van der Waals surface area (Å²) in [7, 11) is 0. The van der Waals surface area contributed by atoms with E-state index in [9.17, 15) is 9.59 Å². The average Bonchev–Trinajstić information content (AvgIpc) is 3.27. The zero-order chi connectivity index (χ0) is 23.2. The first kappa shape index (κ1) is 22.5. The summed E-state index contributed by atoms with van der Waals surface area (Å²) in [6.45, 7) is 3.92. The minimum Gasteiger partial charge on any atom is -0.463 e. The van der Waals surface area contributed by atoms with Crippen molar-refractivity contribution in [3.05, 3.63) is 66.1 Å². The SMILES string of the molecule is CCOC(=O)C1=C(CSc2nnc(-c3ccncc3)n2-c2ccccc2)NC(=O)NC1CC. The Morgan fingerprint density at radius 1 is 1.12 bits per heavy atom. The number of nitrogens with one attached hydrogen (secondary N) is 2. The summed E-state index contributed by atoms with van der Waals surface area (Å²) in [5, 5.41) is 15.0. The molecule has 2 aromatic heterocycles. The third-order valence-corrected chi connectivity index (χ3v) is 6.03. The van der Waals surface area contributed by atoms with Crippen LogP contribution in [0.4, 0.5) is 4.79 Å². The van der Waals surface area contributed by atoms with E-state index in [1.807, 2.05) is 54.0 Å². The predicted molar refractivity (Wildman–Crippen MR) is 125 cm³/mol. The number of thioether (sulfide) groups is 1. The quantitative estimate of drug-likeness (QED) is 0.389. The van der Waals surface area contributed by atoms with Crippen molar-refractivity contribution in [3.8, 4) is 17.1 Å². The maximum absolute atomic E-state index is 12.7. The molecule has 1 unspecified atom stereocenters. The summed E-state index contributed by atoms with van der Waals surface area (Å²) in [6, 6.07) is 12.8. The average molecular weight is 465 g/mol. The molecule has 1 aliphatic heterocycles. The van der Waals surface area contributed by atoms with Gasteiger partial charge in [-0.2, -0.15) is 0 Å². The van der Waals surface area contributed by atoms with Crippen molar-refractivity contribution in [2.45, 2.75) is 31.5 Å². The number of para-hydroxylation sites is 1. The Morgan fingerprint density at radius 2 is 1.88 bits per heavy atom. The van der Waals surface area contributed by atoms with Gasteiger partial charge in [-0.15, -0.1) is 10.2 Å². The Morgan fingerprint density at radius 3 is 2.58 bits per heavy atom. The Kier molecular flexibility index (Phi) is 7.04. The number of benzene rings is 1. The fraction of sp³-hybridized carbons (Fsp3) is 0.261. The van der Waals surface area contributed by atoms with Gasteiger partial charge in [0, 0.05) is 35.1 Å². The fourth-order valence-electron chi connectivity index (χ4n) is 3.57. The highest BCUT2D eigenvalue weighted by Gasteiger charge is 2.31. The van der Waals surface area contributed by atoms with Crippen LogP contribution in [0.3, 0.4) is 0 Å². The molecule has 2 N–H and O–H groups in total. The van der Waals surface area contributed by atoms with Crippen molar-refractivity contribution in [2.75, 3.05) is 12.4 Å². The second kappa shape index (κ2) is 10.3. The van der Waals surface area contributed by atoms with E-state index in [1.54, 1.807) is 19.3 Å². The largest absolute Gasteiger partial charge is 0.463 e. The third kappa shape index (κ3) is 4.90. The van der Waals surface area contributed by atoms with E-state index >= 15 is 0 Å². The molecule has 0 spiro atoms. The number of hydrogen-bond donors (Lipinski definition) is 2. The first-order valence-electron chi connectivity index (χ1n) is 10.6. The first-order chi connectivity index (χ1) is 16.1. The normalized spacial score (nSPS) is 15.7. The fourth-order valence-corrected chi connectivity index (χ4v) is 4.49. The predicted octanol–water partition coefficient (Wildman–Crippen LogP) is 3.33. The molecule has 3 aromatic rings. The smallest absolute Gasteiger partial charge is 0.337 e. The minimum atomic E-state index is -0.436. The molecule has 9 nitrogen and oxygen atoms in total. The standard InChI is InChI=1S/C23H24N6O3S/c1-3-17-19(21(30)32-4-2)18(26-22(31)25-17)14-33-23-28-27-20(15-10-12-24-13-11-15)29(23)16-8-6-5-7-9-16/h5-13,17H,3-4,14H2,1-2H3,(H2,25,26,31). The van der Waals surface area contributed by atoms with Crippen LogP contribution in [-0.4, -0.2) is 50.2 Å². The molecular formula is C23H24N6O3S. The van der Waals surface area contributed by atoms with Gasteiger partial charge in [-0.25, -0.2) is 9.59 Å². The minimum absolute atomic E-state index is 0.255. The van der Waals surface area contributed by atoms with E-state index in [-0.39, 0.29) is 12.6 Å². The zero-order valence-corrected chi connectivity index (χ0v) is 19.1. The van der Waals surface area contributed by atoms with E-state index in [0.717, 1.165) is 11.3 Å². The van der Waals surface area contributed by atoms with E-state index < -0.39 is 12.0 Å². The maximum atomic E-state index is 12.7. The number of carbonyl (C=O) groups is 2. The summed E-state index contributed by atoms with van der Waals surface area (Å²) in [6.07, 6.45) is 3.98. The highest BCUT2D eigenvalue weighted by molar-refractivity contribution is 7.99. The molecule has 1 aliphatic rings. The van der Waals surface area contributed by atoms with Gasteiger partial charge in [-0.1, -0.05) is 36.9 Å². The summed E-state index contributed by atoms with van der Waals surface area (Å²) in [4.78, 5) is 28.9. The lowest BCUT2D eigenvalue weighted by atomic mass is 10.0. The molecule has 0 aliphatic carbocycles. The topological polar surface area (TPSA) is 111 Å². The van der Waals surface area contributed by atoms with Crippen LogP contribution in [0.2, 0.25) is 0 Å². The molecule has 1 aromatic carbocycles. The molecule has 3 heterocycles. The molecule has 0 bridgehead atoms. The van der Waals surface area contributed by atoms with Crippen molar-refractivity contribution in [3.63, 3.8) is 0 Å². The molecule has 33 heavy (non-hydrogen) atoms. The number of amides is 2. The van der Waals surface area contributed by atoms with Crippen LogP contribution < -0.4 is 10.6 Å². The molecule has 2 amide bonds. The van der Waals surface area contributed by atoms with E-state index in [4.69, 9.17) is 4.74 Å². The molecular weight excluding hydrogens is 440 g/mol. The van der Waals surface area contributed by atoms with E-state index in [2.05, 4.69) is 25.8 Å². The first-order valence-corrected chi connectivity index (χ1v) is 11.6. The number of ether oxygens (including phenoxy) is 1. The molecule has 0 saturated heterocycles. The molecule has 0 saturated carbocycles. The second-order valence-corrected chi connectivity index (χ2v) is 8.12. The second-order valence-electron chi connectivity index (χ2n) is 7.17. The highest BCUT2D eigenvalue weighted by atomic mass is 32.2. The summed E-state index contributed by atoms with van der Waals surface area (Å²) < 4.78 is 7.20. The van der Waals surface area contributed by atoms with Gasteiger partial charge in [-0.05, 0) is 37.6 Å². The molecule has 0 radical (unpaired) electrons. The van der Waals surface area contributed by atoms with E-state index in [0.29, 0.717) is 34.4 Å². The van der Waals surface area contributed by atoms with Crippen molar-refractivity contribution in [1.82, 2.24) is 30.4 Å². The van der Waals surface area contributed by atoms with Gasteiger partial charge in [0.25, 0.3) is 0 Å². The lowest BCUT2D eigenvalue weighted by Crippen LogP contribution is -2.50. The van der Waals surface area contributed by atoms with Crippen molar-refractivity contribution in [1.29, 1.82) is 0 Å². The number of aromatic nitrogens is 4. The van der Waals surface area contributed by atoms with E-state index in [1.165, 1.54) is 11.8 Å². The molecule has 170 valence electrons. The zero-order valence-electron chi connectivity index (χ0n) is 18.3. The summed E-state index contributed by atoms with van der Waals surface area (Å²) in [5.41, 5.74) is 2.73. The van der Waals surface area contributed by atoms with Crippen LogP contribution in [0.15, 0.2) is 71.3 Å². The van der Waals surface area contributed by atoms with Gasteiger partial charge in [0.2, 0.25) is 0 Å². The lowest BCUT2D eigenvalue weighted by Gasteiger charge is -2.28. The van der Waals surface area contributed by atoms with Crippen LogP contribution in [0, 0.1) is 0 Å². The number of carbonyl (C=O) groups excluding carboxylic acids is 2. The van der Waals surface area contributed by atoms with Crippen LogP contribution in [0.1, 0.15) is 20.3 Å². The Hall–Kier alpha value is -3.66. The van der Waals surface area contributed by atoms with Crippen LogP contribution in [-0.2, 0) is 9.53 Å². The Balaban J connectivity index is 1.71. The van der Waals surface area contributed by atoms with Gasteiger partial charge in [0.05, 0.1) is 18.2 Å². The van der Waals surface area contributed by atoms with Crippen molar-refractivity contribution in [2.24, 2.45) is 0 Å². The maximum Gasteiger partial charge on any atom is 0.337 e. The number of rotatable bonds is 8. The van der Waals surface area contributed by atoms with Gasteiger partial charge < -0.3 is 15.4 Å². The number of nitrogens with zero attached hydrogens (tertiary/aromatic N) is 4. The highest BCUT2D eigenvalue weighted by Crippen LogP contribution is 2.30. The van der Waals surface area contributed by atoms with Gasteiger partial charge in [0.1, 0.15) is 0 Å². The Labute approximate surface area is 195 Å². The summed E-state index contributed by atoms with van der Waals surface area (Å²) >= 11 is 1.38. The Bertz CT molecular complexity index is 1160. The molecule has 1 atom stereocenters.